The SMILES string of the molecule is O=c1ccc(-c2c(-c3ccccc3)nn3ccncc23)nn1CCF. The summed E-state index contributed by atoms with van der Waals surface area (Å²) in [7, 11) is 0. The number of nitrogens with zero attached hydrogens (tertiary/aromatic N) is 5. The van der Waals surface area contributed by atoms with Crippen LogP contribution in [0.15, 0.2) is 65.8 Å². The van der Waals surface area contributed by atoms with E-state index in [1.165, 1.54) is 6.07 Å². The number of aryl methyl sites for hydroxylation is 1. The summed E-state index contributed by atoms with van der Waals surface area (Å²) in [5, 5.41) is 8.96. The summed E-state index contributed by atoms with van der Waals surface area (Å²) in [5.74, 6) is 0. The molecule has 0 bridgehead atoms. The van der Waals surface area contributed by atoms with Crippen molar-refractivity contribution in [3.63, 3.8) is 0 Å². The molecular weight excluding hydrogens is 321 g/mol. The number of rotatable bonds is 4. The molecule has 0 amide bonds. The first-order valence-electron chi connectivity index (χ1n) is 7.80. The highest BCUT2D eigenvalue weighted by atomic mass is 19.1. The lowest BCUT2D eigenvalue weighted by molar-refractivity contribution is 0.418. The Bertz CT molecular complexity index is 1090. The van der Waals surface area contributed by atoms with E-state index in [0.29, 0.717) is 5.69 Å². The summed E-state index contributed by atoms with van der Waals surface area (Å²) in [6, 6.07) is 12.7. The smallest absolute Gasteiger partial charge is 0.266 e. The molecule has 0 aliphatic heterocycles. The van der Waals surface area contributed by atoms with Gasteiger partial charge in [-0.1, -0.05) is 30.3 Å². The highest BCUT2D eigenvalue weighted by Gasteiger charge is 2.18. The van der Waals surface area contributed by atoms with E-state index in [1.807, 2.05) is 30.3 Å². The van der Waals surface area contributed by atoms with Crippen LogP contribution >= 0.6 is 0 Å². The Morgan fingerprint density at radius 3 is 2.68 bits per heavy atom. The van der Waals surface area contributed by atoms with Gasteiger partial charge in [0, 0.05) is 24.0 Å². The van der Waals surface area contributed by atoms with Crippen LogP contribution < -0.4 is 5.56 Å². The molecule has 0 spiro atoms. The third-order valence-electron chi connectivity index (χ3n) is 3.90. The lowest BCUT2D eigenvalue weighted by atomic mass is 10.0. The van der Waals surface area contributed by atoms with Crippen molar-refractivity contribution in [2.45, 2.75) is 6.54 Å². The zero-order valence-corrected chi connectivity index (χ0v) is 13.2. The first-order valence-corrected chi connectivity index (χ1v) is 7.80. The second kappa shape index (κ2) is 6.27. The molecule has 0 fully saturated rings. The van der Waals surface area contributed by atoms with Crippen LogP contribution in [-0.2, 0) is 6.54 Å². The van der Waals surface area contributed by atoms with Gasteiger partial charge in [0.15, 0.2) is 0 Å². The zero-order chi connectivity index (χ0) is 17.2. The maximum absolute atomic E-state index is 12.7. The minimum Gasteiger partial charge on any atom is -0.268 e. The maximum Gasteiger partial charge on any atom is 0.266 e. The Morgan fingerprint density at radius 2 is 1.88 bits per heavy atom. The fourth-order valence-corrected chi connectivity index (χ4v) is 2.77. The van der Waals surface area contributed by atoms with Crippen molar-refractivity contribution in [1.82, 2.24) is 24.4 Å². The number of aromatic nitrogens is 5. The van der Waals surface area contributed by atoms with Gasteiger partial charge in [-0.05, 0) is 6.07 Å². The van der Waals surface area contributed by atoms with E-state index < -0.39 is 6.67 Å². The van der Waals surface area contributed by atoms with Crippen molar-refractivity contribution in [2.75, 3.05) is 6.67 Å². The van der Waals surface area contributed by atoms with Gasteiger partial charge < -0.3 is 0 Å². The molecule has 6 nitrogen and oxygen atoms in total. The van der Waals surface area contributed by atoms with Gasteiger partial charge >= 0.3 is 0 Å². The molecule has 124 valence electrons. The lowest BCUT2D eigenvalue weighted by Crippen LogP contribution is -2.23. The van der Waals surface area contributed by atoms with Crippen molar-refractivity contribution in [1.29, 1.82) is 0 Å². The first-order chi connectivity index (χ1) is 12.3. The van der Waals surface area contributed by atoms with Crippen LogP contribution in [0.5, 0.6) is 0 Å². The Hall–Kier alpha value is -3.35. The summed E-state index contributed by atoms with van der Waals surface area (Å²) < 4.78 is 15.6. The number of halogens is 1. The molecule has 0 atom stereocenters. The third kappa shape index (κ3) is 2.69. The van der Waals surface area contributed by atoms with E-state index in [-0.39, 0.29) is 12.1 Å². The molecule has 0 N–H and O–H groups in total. The molecule has 1 aromatic carbocycles. The molecule has 25 heavy (non-hydrogen) atoms. The first kappa shape index (κ1) is 15.2. The van der Waals surface area contributed by atoms with Gasteiger partial charge in [-0.2, -0.15) is 10.2 Å². The second-order valence-corrected chi connectivity index (χ2v) is 5.46. The molecule has 3 heterocycles. The summed E-state index contributed by atoms with van der Waals surface area (Å²) in [6.45, 7) is -0.733. The van der Waals surface area contributed by atoms with Crippen molar-refractivity contribution in [3.05, 3.63) is 71.4 Å². The average Bonchev–Trinajstić information content (AvgIpc) is 3.04. The second-order valence-electron chi connectivity index (χ2n) is 5.46. The number of fused-ring (bicyclic) bond motifs is 1. The highest BCUT2D eigenvalue weighted by Crippen LogP contribution is 2.33. The van der Waals surface area contributed by atoms with Crippen LogP contribution in [-0.4, -0.2) is 31.1 Å². The van der Waals surface area contributed by atoms with Gasteiger partial charge in [-0.3, -0.25) is 9.78 Å². The van der Waals surface area contributed by atoms with E-state index in [4.69, 9.17) is 0 Å². The van der Waals surface area contributed by atoms with Gasteiger partial charge in [-0.25, -0.2) is 13.6 Å². The van der Waals surface area contributed by atoms with Gasteiger partial charge in [0.2, 0.25) is 0 Å². The van der Waals surface area contributed by atoms with Crippen molar-refractivity contribution in [3.8, 4) is 22.5 Å². The number of benzene rings is 1. The lowest BCUT2D eigenvalue weighted by Gasteiger charge is -2.06. The van der Waals surface area contributed by atoms with Crippen LogP contribution in [0.4, 0.5) is 4.39 Å². The third-order valence-corrected chi connectivity index (χ3v) is 3.90. The Kier molecular flexibility index (Phi) is 3.81. The van der Waals surface area contributed by atoms with Crippen LogP contribution in [0.1, 0.15) is 0 Å². The zero-order valence-electron chi connectivity index (χ0n) is 13.2. The topological polar surface area (TPSA) is 65.1 Å². The predicted molar refractivity (Wildman–Crippen MR) is 91.9 cm³/mol. The molecule has 4 rings (SSSR count). The Morgan fingerprint density at radius 1 is 1.04 bits per heavy atom. The van der Waals surface area contributed by atoms with Crippen LogP contribution in [0.2, 0.25) is 0 Å². The van der Waals surface area contributed by atoms with Crippen molar-refractivity contribution >= 4 is 5.52 Å². The van der Waals surface area contributed by atoms with Crippen molar-refractivity contribution < 1.29 is 4.39 Å². The quantitative estimate of drug-likeness (QED) is 0.575. The summed E-state index contributed by atoms with van der Waals surface area (Å²) >= 11 is 0. The largest absolute Gasteiger partial charge is 0.268 e. The van der Waals surface area contributed by atoms with E-state index in [1.54, 1.807) is 29.2 Å². The summed E-state index contributed by atoms with van der Waals surface area (Å²) in [6.07, 6.45) is 5.10. The summed E-state index contributed by atoms with van der Waals surface area (Å²) in [5.41, 5.74) is 3.39. The molecular formula is C18H14FN5O. The Balaban J connectivity index is 2.01. The van der Waals surface area contributed by atoms with Crippen LogP contribution in [0.3, 0.4) is 0 Å². The highest BCUT2D eigenvalue weighted by molar-refractivity contribution is 5.90. The molecule has 3 aromatic heterocycles. The maximum atomic E-state index is 12.7. The van der Waals surface area contributed by atoms with E-state index in [2.05, 4.69) is 15.2 Å². The summed E-state index contributed by atoms with van der Waals surface area (Å²) in [4.78, 5) is 16.0. The van der Waals surface area contributed by atoms with Crippen LogP contribution in [0, 0.1) is 0 Å². The van der Waals surface area contributed by atoms with E-state index >= 15 is 0 Å². The van der Waals surface area contributed by atoms with Crippen molar-refractivity contribution in [2.24, 2.45) is 0 Å². The molecule has 0 radical (unpaired) electrons. The van der Waals surface area contributed by atoms with Gasteiger partial charge in [0.05, 0.1) is 29.5 Å². The van der Waals surface area contributed by atoms with Gasteiger partial charge in [-0.15, -0.1) is 0 Å². The number of hydrogen-bond donors (Lipinski definition) is 0. The fourth-order valence-electron chi connectivity index (χ4n) is 2.77. The molecule has 0 saturated heterocycles. The molecule has 4 aromatic rings. The average molecular weight is 335 g/mol. The monoisotopic (exact) mass is 335 g/mol. The molecule has 0 saturated carbocycles. The predicted octanol–water partition coefficient (Wildman–Crippen LogP) is 2.59. The van der Waals surface area contributed by atoms with Crippen LogP contribution in [0.25, 0.3) is 28.0 Å². The van der Waals surface area contributed by atoms with Gasteiger partial charge in [0.25, 0.3) is 5.56 Å². The Labute approximate surface area is 142 Å². The van der Waals surface area contributed by atoms with E-state index in [9.17, 15) is 9.18 Å². The number of hydrogen-bond acceptors (Lipinski definition) is 4. The normalized spacial score (nSPS) is 11.1. The number of alkyl halides is 1. The fraction of sp³-hybridized carbons (Fsp3) is 0.111. The standard InChI is InChI=1S/C18H14FN5O/c19-8-10-24-16(25)7-6-14(21-24)17-15-12-20-9-11-23(15)22-18(17)13-4-2-1-3-5-13/h1-7,9,11-12H,8,10H2. The molecule has 0 unspecified atom stereocenters. The van der Waals surface area contributed by atoms with Gasteiger partial charge in [0.1, 0.15) is 12.4 Å². The minimum atomic E-state index is -0.655. The molecule has 0 aliphatic carbocycles. The molecule has 0 aliphatic rings. The molecule has 7 heteroatoms. The minimum absolute atomic E-state index is 0.0786. The van der Waals surface area contributed by atoms with E-state index in [0.717, 1.165) is 27.0 Å².